The number of benzene rings is 2. The van der Waals surface area contributed by atoms with Gasteiger partial charge in [-0.2, -0.15) is 8.78 Å². The molecule has 0 heterocycles. The standard InChI is InChI=1S/C32H38F4O3/c1-3-5-7-8-9-21-38-31-29(35)27(33)26(28(34)30(31)36)20-15-23-13-18-25(19-14-23)39-32(37)24-16-11-22(12-17-24)10-6-4-2/h13-14,18-19,22,24H,3-12,16-17,21H2,1-2H3. The van der Waals surface area contributed by atoms with E-state index in [2.05, 4.69) is 25.7 Å². The third-order valence-corrected chi connectivity index (χ3v) is 7.27. The van der Waals surface area contributed by atoms with E-state index in [-0.39, 0.29) is 18.5 Å². The van der Waals surface area contributed by atoms with Crippen molar-refractivity contribution in [3.63, 3.8) is 0 Å². The summed E-state index contributed by atoms with van der Waals surface area (Å²) in [5, 5.41) is 0. The molecule has 2 aromatic carbocycles. The van der Waals surface area contributed by atoms with Crippen molar-refractivity contribution in [2.45, 2.75) is 90.9 Å². The number of carbonyl (C=O) groups excluding carboxylic acids is 1. The van der Waals surface area contributed by atoms with Gasteiger partial charge in [-0.15, -0.1) is 0 Å². The van der Waals surface area contributed by atoms with Gasteiger partial charge in [0, 0.05) is 5.56 Å². The largest absolute Gasteiger partial charge is 0.487 e. The minimum atomic E-state index is -1.60. The van der Waals surface area contributed by atoms with Crippen molar-refractivity contribution >= 4 is 5.97 Å². The van der Waals surface area contributed by atoms with Gasteiger partial charge in [0.2, 0.25) is 11.6 Å². The van der Waals surface area contributed by atoms with Gasteiger partial charge in [0.1, 0.15) is 11.3 Å². The number of esters is 1. The van der Waals surface area contributed by atoms with Crippen LogP contribution in [0.5, 0.6) is 11.5 Å². The fourth-order valence-corrected chi connectivity index (χ4v) is 4.85. The molecule has 3 rings (SSSR count). The van der Waals surface area contributed by atoms with Crippen LogP contribution in [-0.4, -0.2) is 12.6 Å². The first-order valence-electron chi connectivity index (χ1n) is 14.2. The SMILES string of the molecule is CCCCCCCOc1c(F)c(F)c(C#Cc2ccc(OC(=O)C3CCC(CCCC)CC3)cc2)c(F)c1F. The summed E-state index contributed by atoms with van der Waals surface area (Å²) in [5.74, 6) is -2.13. The molecular weight excluding hydrogens is 508 g/mol. The monoisotopic (exact) mass is 546 g/mol. The highest BCUT2D eigenvalue weighted by Gasteiger charge is 2.28. The molecule has 0 radical (unpaired) electrons. The molecule has 0 saturated heterocycles. The molecule has 0 aromatic heterocycles. The van der Waals surface area contributed by atoms with Gasteiger partial charge in [0.25, 0.3) is 0 Å². The Morgan fingerprint density at radius 3 is 2.03 bits per heavy atom. The molecule has 0 amide bonds. The molecule has 0 atom stereocenters. The summed E-state index contributed by atoms with van der Waals surface area (Å²) >= 11 is 0. The number of hydrogen-bond donors (Lipinski definition) is 0. The third kappa shape index (κ3) is 8.74. The lowest BCUT2D eigenvalue weighted by atomic mass is 9.80. The second-order valence-corrected chi connectivity index (χ2v) is 10.3. The number of rotatable bonds is 12. The van der Waals surface area contributed by atoms with Gasteiger partial charge in [-0.05, 0) is 62.3 Å². The lowest BCUT2D eigenvalue weighted by Crippen LogP contribution is -2.25. The van der Waals surface area contributed by atoms with Crippen LogP contribution < -0.4 is 9.47 Å². The Morgan fingerprint density at radius 2 is 1.41 bits per heavy atom. The molecule has 0 N–H and O–H groups in total. The summed E-state index contributed by atoms with van der Waals surface area (Å²) in [4.78, 5) is 12.6. The molecule has 1 fully saturated rings. The van der Waals surface area contributed by atoms with Crippen LogP contribution in [0.2, 0.25) is 0 Å². The van der Waals surface area contributed by atoms with E-state index >= 15 is 0 Å². The van der Waals surface area contributed by atoms with Gasteiger partial charge in [-0.1, -0.05) is 70.6 Å². The van der Waals surface area contributed by atoms with Gasteiger partial charge in [-0.3, -0.25) is 4.79 Å². The van der Waals surface area contributed by atoms with E-state index in [1.807, 2.05) is 0 Å². The average molecular weight is 547 g/mol. The van der Waals surface area contributed by atoms with E-state index < -0.39 is 34.6 Å². The Bertz CT molecular complexity index is 1110. The Labute approximate surface area is 229 Å². The van der Waals surface area contributed by atoms with E-state index in [4.69, 9.17) is 9.47 Å². The molecule has 0 unspecified atom stereocenters. The Morgan fingerprint density at radius 1 is 0.795 bits per heavy atom. The van der Waals surface area contributed by atoms with Crippen LogP contribution >= 0.6 is 0 Å². The zero-order valence-electron chi connectivity index (χ0n) is 22.9. The summed E-state index contributed by atoms with van der Waals surface area (Å²) in [6.45, 7) is 4.20. The van der Waals surface area contributed by atoms with Gasteiger partial charge in [0.15, 0.2) is 17.4 Å². The number of halogens is 4. The molecule has 2 aromatic rings. The van der Waals surface area contributed by atoms with Crippen LogP contribution in [0.25, 0.3) is 0 Å². The van der Waals surface area contributed by atoms with Crippen molar-refractivity contribution in [3.8, 4) is 23.3 Å². The Hall–Kier alpha value is -3.01. The molecule has 212 valence electrons. The number of unbranched alkanes of at least 4 members (excludes halogenated alkanes) is 5. The molecule has 7 heteroatoms. The van der Waals surface area contributed by atoms with Gasteiger partial charge < -0.3 is 9.47 Å². The molecule has 0 aliphatic heterocycles. The van der Waals surface area contributed by atoms with Crippen molar-refractivity contribution in [2.24, 2.45) is 11.8 Å². The van der Waals surface area contributed by atoms with Crippen LogP contribution in [0, 0.1) is 46.9 Å². The van der Waals surface area contributed by atoms with Crippen molar-refractivity contribution in [1.29, 1.82) is 0 Å². The van der Waals surface area contributed by atoms with Crippen LogP contribution in [0.3, 0.4) is 0 Å². The van der Waals surface area contributed by atoms with E-state index in [0.29, 0.717) is 23.7 Å². The first-order valence-corrected chi connectivity index (χ1v) is 14.2. The van der Waals surface area contributed by atoms with Gasteiger partial charge >= 0.3 is 5.97 Å². The fourth-order valence-electron chi connectivity index (χ4n) is 4.85. The first-order chi connectivity index (χ1) is 18.8. The van der Waals surface area contributed by atoms with Crippen molar-refractivity contribution in [3.05, 3.63) is 58.7 Å². The van der Waals surface area contributed by atoms with Crippen LogP contribution in [0.15, 0.2) is 24.3 Å². The van der Waals surface area contributed by atoms with E-state index in [1.54, 1.807) is 0 Å². The Balaban J connectivity index is 1.59. The van der Waals surface area contributed by atoms with Crippen LogP contribution in [-0.2, 0) is 4.79 Å². The summed E-state index contributed by atoms with van der Waals surface area (Å²) in [7, 11) is 0. The maximum atomic E-state index is 14.5. The molecular formula is C32H38F4O3. The molecule has 1 aliphatic rings. The zero-order valence-corrected chi connectivity index (χ0v) is 22.9. The van der Waals surface area contributed by atoms with Gasteiger partial charge in [-0.25, -0.2) is 8.78 Å². The fraction of sp³-hybridized carbons (Fsp3) is 0.531. The highest BCUT2D eigenvalue weighted by Crippen LogP contribution is 2.33. The number of hydrogen-bond acceptors (Lipinski definition) is 3. The quantitative estimate of drug-likeness (QED) is 0.0666. The Kier molecular flexibility index (Phi) is 12.2. The van der Waals surface area contributed by atoms with E-state index in [9.17, 15) is 22.4 Å². The summed E-state index contributed by atoms with van der Waals surface area (Å²) < 4.78 is 68.5. The average Bonchev–Trinajstić information content (AvgIpc) is 2.95. The van der Waals surface area contributed by atoms with Crippen molar-refractivity contribution < 1.29 is 31.8 Å². The van der Waals surface area contributed by atoms with E-state index in [1.165, 1.54) is 43.5 Å². The third-order valence-electron chi connectivity index (χ3n) is 7.27. The lowest BCUT2D eigenvalue weighted by Gasteiger charge is -2.27. The molecule has 0 bridgehead atoms. The summed E-state index contributed by atoms with van der Waals surface area (Å²) in [6.07, 6.45) is 11.7. The second-order valence-electron chi connectivity index (χ2n) is 10.3. The molecule has 0 spiro atoms. The first kappa shape index (κ1) is 30.5. The summed E-state index contributed by atoms with van der Waals surface area (Å²) in [5.41, 5.74) is -0.677. The highest BCUT2D eigenvalue weighted by atomic mass is 19.2. The maximum Gasteiger partial charge on any atom is 0.314 e. The van der Waals surface area contributed by atoms with E-state index in [0.717, 1.165) is 51.4 Å². The van der Waals surface area contributed by atoms with Crippen molar-refractivity contribution in [1.82, 2.24) is 0 Å². The zero-order chi connectivity index (χ0) is 28.2. The smallest absolute Gasteiger partial charge is 0.314 e. The normalized spacial score (nSPS) is 16.9. The lowest BCUT2D eigenvalue weighted by molar-refractivity contribution is -0.140. The van der Waals surface area contributed by atoms with Gasteiger partial charge in [0.05, 0.1) is 12.5 Å². The molecule has 1 saturated carbocycles. The highest BCUT2D eigenvalue weighted by molar-refractivity contribution is 5.75. The molecule has 3 nitrogen and oxygen atoms in total. The minimum Gasteiger partial charge on any atom is -0.487 e. The predicted molar refractivity (Wildman–Crippen MR) is 144 cm³/mol. The summed E-state index contributed by atoms with van der Waals surface area (Å²) in [6, 6.07) is 6.08. The molecule has 1 aliphatic carbocycles. The number of carbonyl (C=O) groups is 1. The van der Waals surface area contributed by atoms with Crippen LogP contribution in [0.4, 0.5) is 17.6 Å². The maximum absolute atomic E-state index is 14.5. The minimum absolute atomic E-state index is 0.0430. The van der Waals surface area contributed by atoms with Crippen molar-refractivity contribution in [2.75, 3.05) is 6.61 Å². The topological polar surface area (TPSA) is 35.5 Å². The second kappa shape index (κ2) is 15.5. The predicted octanol–water partition coefficient (Wildman–Crippen LogP) is 8.89. The molecule has 39 heavy (non-hydrogen) atoms. The van der Waals surface area contributed by atoms with Crippen LogP contribution in [0.1, 0.15) is 102 Å². The number of ether oxygens (including phenoxy) is 2.